The summed E-state index contributed by atoms with van der Waals surface area (Å²) in [5.74, 6) is -0.247. The lowest BCUT2D eigenvalue weighted by Crippen LogP contribution is -2.13. The van der Waals surface area contributed by atoms with E-state index in [1.54, 1.807) is 42.6 Å². The zero-order valence-electron chi connectivity index (χ0n) is 9.84. The second-order valence-corrected chi connectivity index (χ2v) is 3.78. The van der Waals surface area contributed by atoms with Crippen LogP contribution < -0.4 is 5.32 Å². The Morgan fingerprint density at radius 3 is 2.89 bits per heavy atom. The third kappa shape index (κ3) is 2.53. The molecule has 0 aliphatic rings. The van der Waals surface area contributed by atoms with Crippen LogP contribution in [0.1, 0.15) is 21.6 Å². The standard InChI is InChI=1S/C14H11N3O/c1-10-13(6-3-7-16-10)17-14(18)12-5-2-4-11(8-12)9-15/h2-8H,1H3,(H,17,18). The van der Waals surface area contributed by atoms with E-state index in [1.807, 2.05) is 13.0 Å². The number of aromatic nitrogens is 1. The third-order valence-electron chi connectivity index (χ3n) is 2.51. The van der Waals surface area contributed by atoms with Gasteiger partial charge in [0.1, 0.15) is 0 Å². The molecule has 0 saturated carbocycles. The molecular formula is C14H11N3O. The highest BCUT2D eigenvalue weighted by atomic mass is 16.1. The first-order chi connectivity index (χ1) is 8.70. The van der Waals surface area contributed by atoms with Crippen molar-refractivity contribution >= 4 is 11.6 Å². The highest BCUT2D eigenvalue weighted by molar-refractivity contribution is 6.04. The van der Waals surface area contributed by atoms with Crippen LogP contribution >= 0.6 is 0 Å². The molecule has 0 aliphatic carbocycles. The molecule has 0 atom stereocenters. The largest absolute Gasteiger partial charge is 0.320 e. The second-order valence-electron chi connectivity index (χ2n) is 3.78. The van der Waals surface area contributed by atoms with Crippen LogP contribution in [-0.4, -0.2) is 10.9 Å². The number of nitriles is 1. The van der Waals surface area contributed by atoms with E-state index < -0.39 is 0 Å². The predicted octanol–water partition coefficient (Wildman–Crippen LogP) is 2.51. The molecule has 0 unspecified atom stereocenters. The minimum atomic E-state index is -0.247. The van der Waals surface area contributed by atoms with Gasteiger partial charge in [-0.05, 0) is 37.3 Å². The number of amides is 1. The van der Waals surface area contributed by atoms with Crippen molar-refractivity contribution in [3.63, 3.8) is 0 Å². The molecule has 1 N–H and O–H groups in total. The Morgan fingerprint density at radius 1 is 1.33 bits per heavy atom. The smallest absolute Gasteiger partial charge is 0.255 e. The summed E-state index contributed by atoms with van der Waals surface area (Å²) in [4.78, 5) is 16.1. The fourth-order valence-electron chi connectivity index (χ4n) is 1.54. The number of carbonyl (C=O) groups is 1. The van der Waals surface area contributed by atoms with Crippen LogP contribution in [0.4, 0.5) is 5.69 Å². The maximum atomic E-state index is 12.0. The fourth-order valence-corrected chi connectivity index (χ4v) is 1.54. The maximum Gasteiger partial charge on any atom is 0.255 e. The Morgan fingerprint density at radius 2 is 2.17 bits per heavy atom. The van der Waals surface area contributed by atoms with Crippen LogP contribution in [-0.2, 0) is 0 Å². The summed E-state index contributed by atoms with van der Waals surface area (Å²) < 4.78 is 0. The minimum Gasteiger partial charge on any atom is -0.320 e. The molecule has 2 rings (SSSR count). The number of nitrogens with one attached hydrogen (secondary N) is 1. The van der Waals surface area contributed by atoms with E-state index in [0.717, 1.165) is 5.69 Å². The third-order valence-corrected chi connectivity index (χ3v) is 2.51. The number of anilines is 1. The van der Waals surface area contributed by atoms with Gasteiger partial charge < -0.3 is 5.32 Å². The van der Waals surface area contributed by atoms with Crippen LogP contribution in [0.2, 0.25) is 0 Å². The van der Waals surface area contributed by atoms with Crippen LogP contribution in [0.25, 0.3) is 0 Å². The molecule has 18 heavy (non-hydrogen) atoms. The molecule has 0 spiro atoms. The number of hydrogen-bond acceptors (Lipinski definition) is 3. The van der Waals surface area contributed by atoms with Crippen LogP contribution in [0.3, 0.4) is 0 Å². The van der Waals surface area contributed by atoms with Gasteiger partial charge >= 0.3 is 0 Å². The molecule has 0 bridgehead atoms. The Bertz CT molecular complexity index is 629. The summed E-state index contributed by atoms with van der Waals surface area (Å²) >= 11 is 0. The van der Waals surface area contributed by atoms with Crippen LogP contribution in [0.15, 0.2) is 42.6 Å². The number of carbonyl (C=O) groups excluding carboxylic acids is 1. The van der Waals surface area contributed by atoms with Gasteiger partial charge in [-0.15, -0.1) is 0 Å². The van der Waals surface area contributed by atoms with Gasteiger partial charge in [0.25, 0.3) is 5.91 Å². The van der Waals surface area contributed by atoms with E-state index in [9.17, 15) is 4.79 Å². The monoisotopic (exact) mass is 237 g/mol. The first-order valence-corrected chi connectivity index (χ1v) is 5.44. The fraction of sp³-hybridized carbons (Fsp3) is 0.0714. The minimum absolute atomic E-state index is 0.247. The lowest BCUT2D eigenvalue weighted by Gasteiger charge is -2.07. The summed E-state index contributed by atoms with van der Waals surface area (Å²) in [6, 6.07) is 12.1. The summed E-state index contributed by atoms with van der Waals surface area (Å²) in [6.07, 6.45) is 1.67. The lowest BCUT2D eigenvalue weighted by atomic mass is 10.1. The second kappa shape index (κ2) is 5.11. The molecule has 0 saturated heterocycles. The molecule has 1 amide bonds. The van der Waals surface area contributed by atoms with Crippen molar-refractivity contribution in [2.45, 2.75) is 6.92 Å². The van der Waals surface area contributed by atoms with E-state index in [0.29, 0.717) is 16.8 Å². The molecule has 88 valence electrons. The van der Waals surface area contributed by atoms with Crippen LogP contribution in [0, 0.1) is 18.3 Å². The topological polar surface area (TPSA) is 65.8 Å². The quantitative estimate of drug-likeness (QED) is 0.872. The van der Waals surface area contributed by atoms with E-state index in [2.05, 4.69) is 10.3 Å². The zero-order valence-corrected chi connectivity index (χ0v) is 9.84. The Kier molecular flexibility index (Phi) is 3.35. The van der Waals surface area contributed by atoms with Gasteiger partial charge in [-0.25, -0.2) is 0 Å². The predicted molar refractivity (Wildman–Crippen MR) is 68.1 cm³/mol. The van der Waals surface area contributed by atoms with Gasteiger partial charge in [-0.1, -0.05) is 6.07 Å². The first kappa shape index (κ1) is 11.8. The normalized spacial score (nSPS) is 9.56. The molecule has 2 aromatic rings. The molecule has 1 aromatic carbocycles. The number of benzene rings is 1. The van der Waals surface area contributed by atoms with Crippen molar-refractivity contribution in [2.75, 3.05) is 5.32 Å². The highest BCUT2D eigenvalue weighted by Gasteiger charge is 2.08. The van der Waals surface area contributed by atoms with Gasteiger partial charge in [-0.2, -0.15) is 5.26 Å². The Balaban J connectivity index is 2.23. The van der Waals surface area contributed by atoms with Gasteiger partial charge in [0.05, 0.1) is 23.0 Å². The SMILES string of the molecule is Cc1ncccc1NC(=O)c1cccc(C#N)c1. The Hall–Kier alpha value is -2.67. The van der Waals surface area contributed by atoms with Crippen LogP contribution in [0.5, 0.6) is 0 Å². The summed E-state index contributed by atoms with van der Waals surface area (Å²) in [5.41, 5.74) is 2.34. The molecular weight excluding hydrogens is 226 g/mol. The number of nitrogens with zero attached hydrogens (tertiary/aromatic N) is 2. The van der Waals surface area contributed by atoms with Gasteiger partial charge in [0.15, 0.2) is 0 Å². The van der Waals surface area contributed by atoms with Gasteiger partial charge in [-0.3, -0.25) is 9.78 Å². The van der Waals surface area contributed by atoms with Crippen molar-refractivity contribution in [3.05, 3.63) is 59.4 Å². The average Bonchev–Trinajstić information content (AvgIpc) is 2.41. The highest BCUT2D eigenvalue weighted by Crippen LogP contribution is 2.13. The molecule has 0 radical (unpaired) electrons. The average molecular weight is 237 g/mol. The number of aryl methyl sites for hydroxylation is 1. The molecule has 0 aliphatic heterocycles. The van der Waals surface area contributed by atoms with Crippen molar-refractivity contribution in [1.82, 2.24) is 4.98 Å². The van der Waals surface area contributed by atoms with Gasteiger partial charge in [0, 0.05) is 11.8 Å². The van der Waals surface area contributed by atoms with Crippen molar-refractivity contribution in [3.8, 4) is 6.07 Å². The molecule has 4 nitrogen and oxygen atoms in total. The van der Waals surface area contributed by atoms with Crippen molar-refractivity contribution in [1.29, 1.82) is 5.26 Å². The first-order valence-electron chi connectivity index (χ1n) is 5.44. The summed E-state index contributed by atoms with van der Waals surface area (Å²) in [7, 11) is 0. The Labute approximate surface area is 105 Å². The molecule has 1 aromatic heterocycles. The molecule has 1 heterocycles. The molecule has 0 fully saturated rings. The van der Waals surface area contributed by atoms with E-state index in [1.165, 1.54) is 0 Å². The van der Waals surface area contributed by atoms with Crippen molar-refractivity contribution in [2.24, 2.45) is 0 Å². The van der Waals surface area contributed by atoms with E-state index >= 15 is 0 Å². The lowest BCUT2D eigenvalue weighted by molar-refractivity contribution is 0.102. The van der Waals surface area contributed by atoms with E-state index in [4.69, 9.17) is 5.26 Å². The number of pyridine rings is 1. The number of hydrogen-bond donors (Lipinski definition) is 1. The zero-order chi connectivity index (χ0) is 13.0. The maximum absolute atomic E-state index is 12.0. The summed E-state index contributed by atoms with van der Waals surface area (Å²) in [6.45, 7) is 1.82. The molecule has 4 heteroatoms. The van der Waals surface area contributed by atoms with Gasteiger partial charge in [0.2, 0.25) is 0 Å². The van der Waals surface area contributed by atoms with E-state index in [-0.39, 0.29) is 5.91 Å². The summed E-state index contributed by atoms with van der Waals surface area (Å²) in [5, 5.41) is 11.6. The number of rotatable bonds is 2. The van der Waals surface area contributed by atoms with Crippen molar-refractivity contribution < 1.29 is 4.79 Å².